The van der Waals surface area contributed by atoms with E-state index in [1.165, 1.54) is 12.1 Å². The maximum atomic E-state index is 13.0. The quantitative estimate of drug-likeness (QED) is 0.607. The van der Waals surface area contributed by atoms with Gasteiger partial charge in [0.2, 0.25) is 11.8 Å². The number of nitrogens with two attached hydrogens (primary N) is 1. The first-order valence-electron chi connectivity index (χ1n) is 11.3. The molecule has 1 amide bonds. The predicted octanol–water partition coefficient (Wildman–Crippen LogP) is 3.72. The van der Waals surface area contributed by atoms with Crippen LogP contribution in [-0.2, 0) is 4.79 Å². The molecule has 0 bridgehead atoms. The molecule has 1 aliphatic carbocycles. The Morgan fingerprint density at radius 3 is 2.30 bits per heavy atom. The molecule has 8 heteroatoms. The number of piperazine rings is 1. The standard InChI is InChI=1S/C14H8FNO2.C9H17N3O.C2H6/c15-11-5-6-12-13(7-11)18-14(16-12)10-3-1-9(8-17)2-4-10;1-11-4-6-12(7-5-11)8(13)9(10)2-3-9;1-2/h1-8H;2-7,10H2,1H3;1-2H3. The van der Waals surface area contributed by atoms with E-state index in [1.54, 1.807) is 30.3 Å². The summed E-state index contributed by atoms with van der Waals surface area (Å²) >= 11 is 0. The maximum Gasteiger partial charge on any atom is 0.242 e. The van der Waals surface area contributed by atoms with E-state index in [0.717, 1.165) is 50.9 Å². The number of benzene rings is 2. The molecule has 2 aromatic carbocycles. The largest absolute Gasteiger partial charge is 0.436 e. The molecule has 2 aliphatic rings. The number of amides is 1. The van der Waals surface area contributed by atoms with Crippen LogP contribution in [0.5, 0.6) is 0 Å². The summed E-state index contributed by atoms with van der Waals surface area (Å²) < 4.78 is 18.5. The molecule has 1 saturated carbocycles. The molecule has 2 N–H and O–H groups in total. The Morgan fingerprint density at radius 1 is 1.09 bits per heavy atom. The summed E-state index contributed by atoms with van der Waals surface area (Å²) in [4.78, 5) is 30.7. The third-order valence-electron chi connectivity index (χ3n) is 5.65. The van der Waals surface area contributed by atoms with E-state index in [9.17, 15) is 14.0 Å². The highest BCUT2D eigenvalue weighted by Gasteiger charge is 2.48. The van der Waals surface area contributed by atoms with Crippen LogP contribution >= 0.6 is 0 Å². The molecular formula is C25H31FN4O3. The van der Waals surface area contributed by atoms with Gasteiger partial charge in [0, 0.05) is 43.4 Å². The zero-order valence-electron chi connectivity index (χ0n) is 19.4. The van der Waals surface area contributed by atoms with Gasteiger partial charge < -0.3 is 20.0 Å². The number of oxazole rings is 1. The summed E-state index contributed by atoms with van der Waals surface area (Å²) in [6.45, 7) is 7.63. The Bertz CT molecular complexity index is 1080. The number of aldehydes is 1. The van der Waals surface area contributed by atoms with Gasteiger partial charge in [-0.2, -0.15) is 0 Å². The molecular weight excluding hydrogens is 423 g/mol. The highest BCUT2D eigenvalue weighted by Crippen LogP contribution is 2.34. The molecule has 7 nitrogen and oxygen atoms in total. The van der Waals surface area contributed by atoms with Crippen LogP contribution in [0.1, 0.15) is 37.0 Å². The minimum Gasteiger partial charge on any atom is -0.436 e. The van der Waals surface area contributed by atoms with Crippen molar-refractivity contribution in [3.8, 4) is 11.5 Å². The van der Waals surface area contributed by atoms with Crippen LogP contribution in [0, 0.1) is 5.82 Å². The van der Waals surface area contributed by atoms with Crippen molar-refractivity contribution < 1.29 is 18.4 Å². The van der Waals surface area contributed by atoms with Crippen molar-refractivity contribution in [1.82, 2.24) is 14.8 Å². The number of halogens is 1. The molecule has 0 atom stereocenters. The normalized spacial score (nSPS) is 16.8. The van der Waals surface area contributed by atoms with Crippen LogP contribution < -0.4 is 5.73 Å². The number of rotatable bonds is 3. The Balaban J connectivity index is 0.000000181. The van der Waals surface area contributed by atoms with Crippen LogP contribution in [0.25, 0.3) is 22.6 Å². The van der Waals surface area contributed by atoms with E-state index in [4.69, 9.17) is 10.2 Å². The lowest BCUT2D eigenvalue weighted by Gasteiger charge is -2.33. The third-order valence-corrected chi connectivity index (χ3v) is 5.65. The molecule has 0 unspecified atom stereocenters. The lowest BCUT2D eigenvalue weighted by atomic mass is 10.1. The van der Waals surface area contributed by atoms with Crippen LogP contribution in [0.4, 0.5) is 4.39 Å². The van der Waals surface area contributed by atoms with Crippen molar-refractivity contribution in [2.24, 2.45) is 5.73 Å². The molecule has 176 valence electrons. The highest BCUT2D eigenvalue weighted by molar-refractivity contribution is 5.89. The van der Waals surface area contributed by atoms with E-state index >= 15 is 0 Å². The Labute approximate surface area is 193 Å². The zero-order valence-corrected chi connectivity index (χ0v) is 19.4. The molecule has 33 heavy (non-hydrogen) atoms. The van der Waals surface area contributed by atoms with Gasteiger partial charge in [0.05, 0.1) is 5.54 Å². The lowest BCUT2D eigenvalue weighted by molar-refractivity contribution is -0.135. The van der Waals surface area contributed by atoms with Gasteiger partial charge in [0.15, 0.2) is 5.58 Å². The minimum atomic E-state index is -0.476. The van der Waals surface area contributed by atoms with Gasteiger partial charge in [-0.25, -0.2) is 9.37 Å². The van der Waals surface area contributed by atoms with Gasteiger partial charge in [0.25, 0.3) is 0 Å². The average Bonchev–Trinajstić information content (AvgIpc) is 3.46. The second-order valence-electron chi connectivity index (χ2n) is 8.12. The predicted molar refractivity (Wildman–Crippen MR) is 126 cm³/mol. The molecule has 0 radical (unpaired) electrons. The fourth-order valence-corrected chi connectivity index (χ4v) is 3.40. The van der Waals surface area contributed by atoms with Gasteiger partial charge in [0.1, 0.15) is 17.6 Å². The van der Waals surface area contributed by atoms with Crippen LogP contribution in [0.15, 0.2) is 46.9 Å². The smallest absolute Gasteiger partial charge is 0.242 e. The highest BCUT2D eigenvalue weighted by atomic mass is 19.1. The van der Waals surface area contributed by atoms with Crippen molar-refractivity contribution in [3.05, 3.63) is 53.8 Å². The van der Waals surface area contributed by atoms with E-state index < -0.39 is 5.54 Å². The second-order valence-corrected chi connectivity index (χ2v) is 8.12. The molecule has 1 saturated heterocycles. The van der Waals surface area contributed by atoms with Crippen LogP contribution in [0.3, 0.4) is 0 Å². The Hall–Kier alpha value is -3.10. The number of fused-ring (bicyclic) bond motifs is 1. The molecule has 2 fully saturated rings. The van der Waals surface area contributed by atoms with Gasteiger partial charge >= 0.3 is 0 Å². The first-order chi connectivity index (χ1) is 15.9. The fourth-order valence-electron chi connectivity index (χ4n) is 3.40. The lowest BCUT2D eigenvalue weighted by Crippen LogP contribution is -2.53. The summed E-state index contributed by atoms with van der Waals surface area (Å²) in [7, 11) is 2.08. The van der Waals surface area contributed by atoms with Crippen molar-refractivity contribution in [1.29, 1.82) is 0 Å². The first-order valence-corrected chi connectivity index (χ1v) is 11.3. The van der Waals surface area contributed by atoms with Gasteiger partial charge in [-0.15, -0.1) is 0 Å². The van der Waals surface area contributed by atoms with Crippen molar-refractivity contribution in [3.63, 3.8) is 0 Å². The topological polar surface area (TPSA) is 92.7 Å². The number of carbonyl (C=O) groups is 2. The molecule has 1 aromatic heterocycles. The summed E-state index contributed by atoms with van der Waals surface area (Å²) in [6.07, 6.45) is 2.52. The third kappa shape index (κ3) is 6.03. The number of hydrogen-bond donors (Lipinski definition) is 1. The van der Waals surface area contributed by atoms with Crippen LogP contribution in [0.2, 0.25) is 0 Å². The van der Waals surface area contributed by atoms with Crippen molar-refractivity contribution >= 4 is 23.3 Å². The summed E-state index contributed by atoms with van der Waals surface area (Å²) in [5, 5.41) is 0. The Morgan fingerprint density at radius 2 is 1.73 bits per heavy atom. The van der Waals surface area contributed by atoms with Gasteiger partial charge in [-0.1, -0.05) is 26.0 Å². The summed E-state index contributed by atoms with van der Waals surface area (Å²) in [5.74, 6) is 0.218. The van der Waals surface area contributed by atoms with Crippen molar-refractivity contribution in [2.75, 3.05) is 33.2 Å². The monoisotopic (exact) mass is 454 g/mol. The molecule has 5 rings (SSSR count). The van der Waals surface area contributed by atoms with Gasteiger partial charge in [-0.3, -0.25) is 9.59 Å². The molecule has 0 spiro atoms. The van der Waals surface area contributed by atoms with E-state index in [0.29, 0.717) is 22.6 Å². The molecule has 1 aliphatic heterocycles. The molecule has 3 aromatic rings. The average molecular weight is 455 g/mol. The maximum absolute atomic E-state index is 13.0. The SMILES string of the molecule is CC.CN1CCN(C(=O)C2(N)CC2)CC1.O=Cc1ccc(-c2nc3ccc(F)cc3o2)cc1. The number of likely N-dealkylation sites (N-methyl/N-ethyl adjacent to an activating group) is 1. The number of carbonyl (C=O) groups excluding carboxylic acids is 2. The Kier molecular flexibility index (Phi) is 7.94. The first kappa shape index (κ1) is 24.5. The number of nitrogens with zero attached hydrogens (tertiary/aromatic N) is 3. The van der Waals surface area contributed by atoms with E-state index in [2.05, 4.69) is 16.9 Å². The van der Waals surface area contributed by atoms with Crippen molar-refractivity contribution in [2.45, 2.75) is 32.2 Å². The van der Waals surface area contributed by atoms with E-state index in [-0.39, 0.29) is 11.7 Å². The van der Waals surface area contributed by atoms with Crippen LogP contribution in [-0.4, -0.2) is 65.7 Å². The summed E-state index contributed by atoms with van der Waals surface area (Å²) in [6, 6.07) is 11.0. The van der Waals surface area contributed by atoms with Gasteiger partial charge in [-0.05, 0) is 44.2 Å². The fraction of sp³-hybridized carbons (Fsp3) is 0.400. The van der Waals surface area contributed by atoms with E-state index in [1.807, 2.05) is 18.7 Å². The zero-order chi connectivity index (χ0) is 24.0. The number of hydrogen-bond acceptors (Lipinski definition) is 6. The minimum absolute atomic E-state index is 0.167. The number of aromatic nitrogens is 1. The second kappa shape index (κ2) is 10.7. The molecule has 2 heterocycles. The summed E-state index contributed by atoms with van der Waals surface area (Å²) in [5.41, 5.74) is 7.72.